The Hall–Kier alpha value is -1.13. The predicted octanol–water partition coefficient (Wildman–Crippen LogP) is 2.70. The van der Waals surface area contributed by atoms with Gasteiger partial charge in [-0.05, 0) is 39.3 Å². The van der Waals surface area contributed by atoms with Gasteiger partial charge in [-0.15, -0.1) is 11.3 Å². The van der Waals surface area contributed by atoms with Gasteiger partial charge in [0.2, 0.25) is 0 Å². The van der Waals surface area contributed by atoms with Gasteiger partial charge in [-0.25, -0.2) is 4.79 Å². The molecule has 0 aliphatic heterocycles. The third kappa shape index (κ3) is 5.98. The van der Waals surface area contributed by atoms with Crippen molar-refractivity contribution in [2.45, 2.75) is 33.2 Å². The zero-order chi connectivity index (χ0) is 13.4. The molecule has 18 heavy (non-hydrogen) atoms. The number of rotatable bonds is 7. The van der Waals surface area contributed by atoms with E-state index >= 15 is 0 Å². The lowest BCUT2D eigenvalue weighted by atomic mass is 10.2. The molecular formula is C14H21NO2S. The summed E-state index contributed by atoms with van der Waals surface area (Å²) >= 11 is 1.83. The van der Waals surface area contributed by atoms with Crippen LogP contribution in [-0.4, -0.2) is 25.2 Å². The summed E-state index contributed by atoms with van der Waals surface area (Å²) in [5.41, 5.74) is 0. The summed E-state index contributed by atoms with van der Waals surface area (Å²) in [4.78, 5) is 13.8. The van der Waals surface area contributed by atoms with Gasteiger partial charge in [0.1, 0.15) is 0 Å². The van der Waals surface area contributed by atoms with E-state index < -0.39 is 0 Å². The average molecular weight is 267 g/mol. The number of nitrogens with one attached hydrogen (secondary N) is 1. The summed E-state index contributed by atoms with van der Waals surface area (Å²) in [6.07, 6.45) is 4.29. The number of esters is 1. The maximum absolute atomic E-state index is 11.0. The normalized spacial score (nSPS) is 12.8. The molecule has 0 aromatic carbocycles. The summed E-state index contributed by atoms with van der Waals surface area (Å²) in [5, 5.41) is 3.35. The van der Waals surface area contributed by atoms with Gasteiger partial charge in [-0.2, -0.15) is 0 Å². The van der Waals surface area contributed by atoms with Gasteiger partial charge in [-0.3, -0.25) is 0 Å². The molecule has 100 valence electrons. The van der Waals surface area contributed by atoms with Crippen LogP contribution in [0.25, 0.3) is 0 Å². The molecule has 0 aliphatic carbocycles. The topological polar surface area (TPSA) is 38.3 Å². The van der Waals surface area contributed by atoms with E-state index in [2.05, 4.69) is 31.3 Å². The van der Waals surface area contributed by atoms with E-state index in [0.29, 0.717) is 19.2 Å². The van der Waals surface area contributed by atoms with Crippen molar-refractivity contribution >= 4 is 17.3 Å². The number of ether oxygens (including phenoxy) is 1. The minimum Gasteiger partial charge on any atom is -0.463 e. The lowest BCUT2D eigenvalue weighted by Crippen LogP contribution is -2.27. The first-order chi connectivity index (χ1) is 8.61. The fourth-order valence-electron chi connectivity index (χ4n) is 1.58. The molecule has 1 heterocycles. The second kappa shape index (κ2) is 8.06. The van der Waals surface area contributed by atoms with Crippen molar-refractivity contribution in [3.63, 3.8) is 0 Å². The maximum atomic E-state index is 11.0. The number of hydrogen-bond donors (Lipinski definition) is 1. The summed E-state index contributed by atoms with van der Waals surface area (Å²) in [6, 6.07) is 4.72. The highest BCUT2D eigenvalue weighted by Crippen LogP contribution is 2.16. The molecule has 0 spiro atoms. The van der Waals surface area contributed by atoms with Crippen LogP contribution >= 0.6 is 11.3 Å². The number of carbonyl (C=O) groups excluding carboxylic acids is 1. The van der Waals surface area contributed by atoms with Gasteiger partial charge in [-0.1, -0.05) is 6.08 Å². The van der Waals surface area contributed by atoms with Crippen LogP contribution in [0.15, 0.2) is 24.3 Å². The van der Waals surface area contributed by atoms with E-state index in [1.165, 1.54) is 15.8 Å². The van der Waals surface area contributed by atoms with E-state index in [9.17, 15) is 4.79 Å². The Labute approximate surface area is 113 Å². The van der Waals surface area contributed by atoms with Gasteiger partial charge in [0.05, 0.1) is 6.61 Å². The van der Waals surface area contributed by atoms with Crippen LogP contribution in [0.2, 0.25) is 0 Å². The van der Waals surface area contributed by atoms with E-state index in [1.54, 1.807) is 13.0 Å². The number of hydrogen-bond acceptors (Lipinski definition) is 4. The minimum absolute atomic E-state index is 0.277. The molecule has 3 nitrogen and oxygen atoms in total. The van der Waals surface area contributed by atoms with E-state index in [-0.39, 0.29) is 5.97 Å². The zero-order valence-corrected chi connectivity index (χ0v) is 12.0. The second-order valence-electron chi connectivity index (χ2n) is 4.18. The van der Waals surface area contributed by atoms with Crippen molar-refractivity contribution in [1.82, 2.24) is 5.32 Å². The van der Waals surface area contributed by atoms with Crippen molar-refractivity contribution < 1.29 is 9.53 Å². The summed E-state index contributed by atoms with van der Waals surface area (Å²) in [6.45, 7) is 7.17. The molecule has 1 aromatic heterocycles. The van der Waals surface area contributed by atoms with E-state index in [0.717, 1.165) is 6.42 Å². The Kier molecular flexibility index (Phi) is 6.68. The van der Waals surface area contributed by atoms with Crippen LogP contribution in [0.1, 0.15) is 23.6 Å². The molecule has 0 amide bonds. The highest BCUT2D eigenvalue weighted by molar-refractivity contribution is 7.11. The molecule has 1 unspecified atom stereocenters. The van der Waals surface area contributed by atoms with Crippen molar-refractivity contribution in [3.05, 3.63) is 34.0 Å². The van der Waals surface area contributed by atoms with Crippen LogP contribution in [0.5, 0.6) is 0 Å². The fraction of sp³-hybridized carbons (Fsp3) is 0.500. The third-order valence-electron chi connectivity index (χ3n) is 2.43. The van der Waals surface area contributed by atoms with Crippen molar-refractivity contribution in [3.8, 4) is 0 Å². The lowest BCUT2D eigenvalue weighted by molar-refractivity contribution is -0.137. The van der Waals surface area contributed by atoms with Gasteiger partial charge < -0.3 is 10.1 Å². The van der Waals surface area contributed by atoms with Crippen LogP contribution in [0, 0.1) is 6.92 Å². The molecule has 0 saturated heterocycles. The Morgan fingerprint density at radius 3 is 2.94 bits per heavy atom. The molecule has 0 saturated carbocycles. The lowest BCUT2D eigenvalue weighted by Gasteiger charge is -2.10. The molecular weight excluding hydrogens is 246 g/mol. The van der Waals surface area contributed by atoms with Crippen LogP contribution < -0.4 is 5.32 Å². The summed E-state index contributed by atoms with van der Waals surface area (Å²) < 4.78 is 4.80. The maximum Gasteiger partial charge on any atom is 0.330 e. The monoisotopic (exact) mass is 267 g/mol. The van der Waals surface area contributed by atoms with E-state index in [1.807, 2.05) is 11.3 Å². The highest BCUT2D eigenvalue weighted by atomic mass is 32.1. The third-order valence-corrected chi connectivity index (χ3v) is 3.45. The summed E-state index contributed by atoms with van der Waals surface area (Å²) in [7, 11) is 0. The number of aryl methyl sites for hydroxylation is 1. The minimum atomic E-state index is -0.277. The van der Waals surface area contributed by atoms with Crippen molar-refractivity contribution in [1.29, 1.82) is 0 Å². The fourth-order valence-corrected chi connectivity index (χ4v) is 2.60. The first-order valence-corrected chi connectivity index (χ1v) is 7.05. The highest BCUT2D eigenvalue weighted by Gasteiger charge is 2.03. The molecule has 1 aromatic rings. The number of carbonyl (C=O) groups is 1. The molecule has 0 radical (unpaired) electrons. The quantitative estimate of drug-likeness (QED) is 0.610. The smallest absolute Gasteiger partial charge is 0.330 e. The molecule has 0 aliphatic rings. The van der Waals surface area contributed by atoms with Crippen LogP contribution in [-0.2, 0) is 16.0 Å². The molecule has 0 fully saturated rings. The zero-order valence-electron chi connectivity index (χ0n) is 11.2. The van der Waals surface area contributed by atoms with Gasteiger partial charge in [0, 0.05) is 28.4 Å². The molecule has 1 rings (SSSR count). The Morgan fingerprint density at radius 2 is 2.33 bits per heavy atom. The largest absolute Gasteiger partial charge is 0.463 e. The second-order valence-corrected chi connectivity index (χ2v) is 5.55. The molecule has 0 bridgehead atoms. The number of thiophene rings is 1. The van der Waals surface area contributed by atoms with Crippen molar-refractivity contribution in [2.24, 2.45) is 0 Å². The van der Waals surface area contributed by atoms with Crippen molar-refractivity contribution in [2.75, 3.05) is 13.2 Å². The standard InChI is InChI=1S/C14H21NO2S/c1-4-17-14(16)6-5-9-15-11(2)10-13-8-7-12(3)18-13/h5-8,11,15H,4,9-10H2,1-3H3/b6-5+. The summed E-state index contributed by atoms with van der Waals surface area (Å²) in [5.74, 6) is -0.277. The van der Waals surface area contributed by atoms with Gasteiger partial charge in [0.15, 0.2) is 0 Å². The Morgan fingerprint density at radius 1 is 1.56 bits per heavy atom. The average Bonchev–Trinajstić information content (AvgIpc) is 2.70. The first kappa shape index (κ1) is 14.9. The molecule has 4 heteroatoms. The predicted molar refractivity (Wildman–Crippen MR) is 76.0 cm³/mol. The SMILES string of the molecule is CCOC(=O)/C=C/CNC(C)Cc1ccc(C)s1. The van der Waals surface area contributed by atoms with Gasteiger partial charge >= 0.3 is 5.97 Å². The Bertz CT molecular complexity index is 398. The Balaban J connectivity index is 2.21. The first-order valence-electron chi connectivity index (χ1n) is 6.23. The molecule has 1 N–H and O–H groups in total. The van der Waals surface area contributed by atoms with E-state index in [4.69, 9.17) is 4.74 Å². The van der Waals surface area contributed by atoms with Crippen LogP contribution in [0.3, 0.4) is 0 Å². The van der Waals surface area contributed by atoms with Gasteiger partial charge in [0.25, 0.3) is 0 Å². The molecule has 1 atom stereocenters. The van der Waals surface area contributed by atoms with Crippen LogP contribution in [0.4, 0.5) is 0 Å².